The first-order valence-corrected chi connectivity index (χ1v) is 9.08. The van der Waals surface area contributed by atoms with Crippen molar-refractivity contribution >= 4 is 17.5 Å². The number of amides is 1. The first-order valence-electron chi connectivity index (χ1n) is 8.70. The predicted molar refractivity (Wildman–Crippen MR) is 101 cm³/mol. The van der Waals surface area contributed by atoms with Gasteiger partial charge in [-0.1, -0.05) is 35.9 Å². The second-order valence-corrected chi connectivity index (χ2v) is 7.27. The fraction of sp³-hybridized carbons (Fsp3) is 0.381. The van der Waals surface area contributed by atoms with Gasteiger partial charge in [-0.15, -0.1) is 0 Å². The van der Waals surface area contributed by atoms with E-state index in [2.05, 4.69) is 17.4 Å². The van der Waals surface area contributed by atoms with E-state index in [-0.39, 0.29) is 11.3 Å². The van der Waals surface area contributed by atoms with Crippen molar-refractivity contribution in [2.45, 2.75) is 32.1 Å². The Morgan fingerprint density at radius 3 is 2.48 bits per heavy atom. The van der Waals surface area contributed by atoms with Crippen LogP contribution in [-0.4, -0.2) is 25.7 Å². The molecule has 1 N–H and O–H groups in total. The minimum Gasteiger partial charge on any atom is -0.381 e. The van der Waals surface area contributed by atoms with Crippen LogP contribution in [0.2, 0.25) is 5.02 Å². The highest BCUT2D eigenvalue weighted by atomic mass is 35.5. The fourth-order valence-electron chi connectivity index (χ4n) is 3.47. The second-order valence-electron chi connectivity index (χ2n) is 6.83. The largest absolute Gasteiger partial charge is 0.381 e. The Morgan fingerprint density at radius 2 is 1.80 bits per heavy atom. The molecular formula is C21H24ClNO2. The summed E-state index contributed by atoms with van der Waals surface area (Å²) in [4.78, 5) is 12.7. The molecule has 1 heterocycles. The van der Waals surface area contributed by atoms with Gasteiger partial charge in [-0.25, -0.2) is 0 Å². The van der Waals surface area contributed by atoms with Crippen LogP contribution in [0.4, 0.5) is 0 Å². The first kappa shape index (κ1) is 18.0. The number of ether oxygens (including phenoxy) is 1. The Morgan fingerprint density at radius 1 is 1.12 bits per heavy atom. The van der Waals surface area contributed by atoms with E-state index in [1.54, 1.807) is 0 Å². The maximum absolute atomic E-state index is 12.7. The van der Waals surface area contributed by atoms with E-state index < -0.39 is 0 Å². The lowest BCUT2D eigenvalue weighted by atomic mass is 9.74. The minimum absolute atomic E-state index is 0.0129. The molecule has 2 aromatic carbocycles. The summed E-state index contributed by atoms with van der Waals surface area (Å²) in [5.41, 5.74) is 4.02. The van der Waals surface area contributed by atoms with E-state index in [9.17, 15) is 4.79 Å². The third-order valence-corrected chi connectivity index (χ3v) is 5.60. The highest BCUT2D eigenvalue weighted by molar-refractivity contribution is 6.30. The third-order valence-electron chi connectivity index (χ3n) is 5.34. The zero-order chi connectivity index (χ0) is 17.9. The van der Waals surface area contributed by atoms with Gasteiger partial charge in [-0.2, -0.15) is 0 Å². The van der Waals surface area contributed by atoms with Gasteiger partial charge < -0.3 is 10.1 Å². The lowest BCUT2D eigenvalue weighted by molar-refractivity contribution is 0.0487. The van der Waals surface area contributed by atoms with Gasteiger partial charge in [-0.3, -0.25) is 4.79 Å². The monoisotopic (exact) mass is 357 g/mol. The molecular weight excluding hydrogens is 334 g/mol. The maximum atomic E-state index is 12.7. The summed E-state index contributed by atoms with van der Waals surface area (Å²) in [7, 11) is 0. The Kier molecular flexibility index (Phi) is 5.45. The van der Waals surface area contributed by atoms with Gasteiger partial charge in [0.15, 0.2) is 0 Å². The molecule has 0 spiro atoms. The van der Waals surface area contributed by atoms with Crippen molar-refractivity contribution in [3.8, 4) is 0 Å². The molecule has 1 aliphatic heterocycles. The van der Waals surface area contributed by atoms with Gasteiger partial charge >= 0.3 is 0 Å². The molecule has 0 atom stereocenters. The number of rotatable bonds is 4. The maximum Gasteiger partial charge on any atom is 0.251 e. The molecule has 1 aliphatic rings. The molecule has 0 aromatic heterocycles. The van der Waals surface area contributed by atoms with Crippen LogP contribution in [0, 0.1) is 13.8 Å². The van der Waals surface area contributed by atoms with Crippen LogP contribution in [0.1, 0.15) is 39.9 Å². The average Bonchev–Trinajstić information content (AvgIpc) is 2.63. The van der Waals surface area contributed by atoms with E-state index in [0.29, 0.717) is 19.8 Å². The standard InChI is InChI=1S/C21H24ClNO2/c1-15-4-3-5-19(16(15)2)20(24)23-14-21(10-12-25-13-11-21)17-6-8-18(22)9-7-17/h3-9H,10-14H2,1-2H3,(H,23,24). The normalized spacial score (nSPS) is 16.4. The molecule has 0 aliphatic carbocycles. The Balaban J connectivity index is 1.80. The van der Waals surface area contributed by atoms with Gasteiger partial charge in [0.1, 0.15) is 0 Å². The summed E-state index contributed by atoms with van der Waals surface area (Å²) in [6, 6.07) is 13.8. The predicted octanol–water partition coefficient (Wildman–Crippen LogP) is 4.44. The number of carbonyl (C=O) groups is 1. The van der Waals surface area contributed by atoms with Gasteiger partial charge in [0.25, 0.3) is 5.91 Å². The molecule has 3 rings (SSSR count). The van der Waals surface area contributed by atoms with Gasteiger partial charge in [0.05, 0.1) is 0 Å². The zero-order valence-corrected chi connectivity index (χ0v) is 15.5. The Labute approximate surface area is 154 Å². The summed E-state index contributed by atoms with van der Waals surface area (Å²) < 4.78 is 5.56. The molecule has 132 valence electrons. The van der Waals surface area contributed by atoms with Crippen LogP contribution in [0.5, 0.6) is 0 Å². The van der Waals surface area contributed by atoms with E-state index in [1.807, 2.05) is 44.2 Å². The summed E-state index contributed by atoms with van der Waals surface area (Å²) in [5, 5.41) is 3.89. The topological polar surface area (TPSA) is 38.3 Å². The SMILES string of the molecule is Cc1cccc(C(=O)NCC2(c3ccc(Cl)cc3)CCOCC2)c1C. The highest BCUT2D eigenvalue weighted by Crippen LogP contribution is 2.35. The number of aryl methyl sites for hydroxylation is 1. The molecule has 0 unspecified atom stereocenters. The third kappa shape index (κ3) is 3.88. The van der Waals surface area contributed by atoms with Crippen molar-refractivity contribution in [2.24, 2.45) is 0 Å². The van der Waals surface area contributed by atoms with Crippen molar-refractivity contribution in [3.63, 3.8) is 0 Å². The van der Waals surface area contributed by atoms with Crippen molar-refractivity contribution in [1.82, 2.24) is 5.32 Å². The number of hydrogen-bond donors (Lipinski definition) is 1. The fourth-order valence-corrected chi connectivity index (χ4v) is 3.60. The second kappa shape index (κ2) is 7.59. The van der Waals surface area contributed by atoms with Crippen LogP contribution in [0.15, 0.2) is 42.5 Å². The summed E-state index contributed by atoms with van der Waals surface area (Å²) in [5.74, 6) is -0.0129. The lowest BCUT2D eigenvalue weighted by Crippen LogP contribution is -2.44. The van der Waals surface area contributed by atoms with Crippen LogP contribution in [0.3, 0.4) is 0 Å². The Bertz CT molecular complexity index is 749. The summed E-state index contributed by atoms with van der Waals surface area (Å²) in [6.07, 6.45) is 1.78. The molecule has 1 fully saturated rings. The van der Waals surface area contributed by atoms with Gasteiger partial charge in [-0.05, 0) is 61.6 Å². The molecule has 0 bridgehead atoms. The highest BCUT2D eigenvalue weighted by Gasteiger charge is 2.35. The van der Waals surface area contributed by atoms with Gasteiger partial charge in [0, 0.05) is 35.8 Å². The quantitative estimate of drug-likeness (QED) is 0.878. The summed E-state index contributed by atoms with van der Waals surface area (Å²) >= 11 is 6.04. The molecule has 25 heavy (non-hydrogen) atoms. The first-order chi connectivity index (χ1) is 12.0. The molecule has 4 heteroatoms. The number of hydrogen-bond acceptors (Lipinski definition) is 2. The zero-order valence-electron chi connectivity index (χ0n) is 14.8. The van der Waals surface area contributed by atoms with Crippen molar-refractivity contribution in [1.29, 1.82) is 0 Å². The van der Waals surface area contributed by atoms with Crippen LogP contribution >= 0.6 is 11.6 Å². The van der Waals surface area contributed by atoms with Crippen molar-refractivity contribution < 1.29 is 9.53 Å². The van der Waals surface area contributed by atoms with Crippen LogP contribution < -0.4 is 5.32 Å². The van der Waals surface area contributed by atoms with Crippen LogP contribution in [-0.2, 0) is 10.2 Å². The van der Waals surface area contributed by atoms with E-state index in [0.717, 1.165) is 34.6 Å². The number of carbonyl (C=O) groups excluding carboxylic acids is 1. The minimum atomic E-state index is -0.101. The van der Waals surface area contributed by atoms with Gasteiger partial charge in [0.2, 0.25) is 0 Å². The van der Waals surface area contributed by atoms with E-state index >= 15 is 0 Å². The van der Waals surface area contributed by atoms with Crippen molar-refractivity contribution in [2.75, 3.05) is 19.8 Å². The van der Waals surface area contributed by atoms with Crippen molar-refractivity contribution in [3.05, 3.63) is 69.7 Å². The number of nitrogens with one attached hydrogen (secondary N) is 1. The molecule has 1 saturated heterocycles. The number of benzene rings is 2. The smallest absolute Gasteiger partial charge is 0.251 e. The molecule has 1 amide bonds. The molecule has 0 radical (unpaired) electrons. The van der Waals surface area contributed by atoms with Crippen LogP contribution in [0.25, 0.3) is 0 Å². The van der Waals surface area contributed by atoms with E-state index in [4.69, 9.17) is 16.3 Å². The molecule has 2 aromatic rings. The number of halogens is 1. The summed E-state index contributed by atoms with van der Waals surface area (Å²) in [6.45, 7) is 6.04. The molecule has 3 nitrogen and oxygen atoms in total. The van der Waals surface area contributed by atoms with E-state index in [1.165, 1.54) is 5.56 Å². The lowest BCUT2D eigenvalue weighted by Gasteiger charge is -2.38. The Hall–Kier alpha value is -1.84. The molecule has 0 saturated carbocycles. The average molecular weight is 358 g/mol.